The monoisotopic (exact) mass is 221 g/mol. The lowest BCUT2D eigenvalue weighted by molar-refractivity contribution is 0.199. The number of benzene rings is 1. The van der Waals surface area contributed by atoms with Crippen LogP contribution in [0.1, 0.15) is 23.1 Å². The zero-order valence-electron chi connectivity index (χ0n) is 10.7. The molecule has 1 aromatic rings. The van der Waals surface area contributed by atoms with Gasteiger partial charge in [0.25, 0.3) is 0 Å². The average molecular weight is 221 g/mol. The highest BCUT2D eigenvalue weighted by molar-refractivity contribution is 5.29. The van der Waals surface area contributed by atoms with Gasteiger partial charge >= 0.3 is 0 Å². The Bertz CT molecular complexity index is 310. The highest BCUT2D eigenvalue weighted by atomic mass is 16.5. The maximum absolute atomic E-state index is 4.97. The van der Waals surface area contributed by atoms with Crippen molar-refractivity contribution in [3.63, 3.8) is 0 Å². The summed E-state index contributed by atoms with van der Waals surface area (Å²) < 4.78 is 4.97. The number of ether oxygens (including phenoxy) is 1. The number of hydrogen-bond acceptors (Lipinski definition) is 2. The Hall–Kier alpha value is -0.860. The van der Waals surface area contributed by atoms with Gasteiger partial charge in [0.05, 0.1) is 6.61 Å². The molecule has 1 rings (SSSR count). The molecule has 0 aliphatic heterocycles. The van der Waals surface area contributed by atoms with Gasteiger partial charge in [0.2, 0.25) is 0 Å². The summed E-state index contributed by atoms with van der Waals surface area (Å²) in [6.45, 7) is 7.14. The van der Waals surface area contributed by atoms with Crippen molar-refractivity contribution in [3.05, 3.63) is 34.9 Å². The molecule has 0 aromatic heterocycles. The Labute approximate surface area is 99.0 Å². The second-order valence-corrected chi connectivity index (χ2v) is 4.26. The Morgan fingerprint density at radius 2 is 1.94 bits per heavy atom. The van der Waals surface area contributed by atoms with E-state index in [2.05, 4.69) is 37.4 Å². The Morgan fingerprint density at radius 1 is 1.12 bits per heavy atom. The van der Waals surface area contributed by atoms with Crippen molar-refractivity contribution in [3.8, 4) is 0 Å². The fourth-order valence-corrected chi connectivity index (χ4v) is 1.68. The highest BCUT2D eigenvalue weighted by Gasteiger charge is 1.96. The Morgan fingerprint density at radius 3 is 2.62 bits per heavy atom. The van der Waals surface area contributed by atoms with Gasteiger partial charge in [0, 0.05) is 13.7 Å². The van der Waals surface area contributed by atoms with Crippen molar-refractivity contribution >= 4 is 0 Å². The minimum atomic E-state index is 0.795. The molecule has 2 heteroatoms. The lowest BCUT2D eigenvalue weighted by atomic mass is 10.0. The Balaban J connectivity index is 2.19. The molecule has 0 amide bonds. The van der Waals surface area contributed by atoms with Crippen molar-refractivity contribution in [2.24, 2.45) is 0 Å². The summed E-state index contributed by atoms with van der Waals surface area (Å²) in [6.07, 6.45) is 2.34. The molecule has 0 atom stereocenters. The standard InChI is InChI=1S/C14H23NO/c1-12-6-7-14(11-13(12)2)5-4-8-15-9-10-16-3/h6-7,11,15H,4-5,8-10H2,1-3H3. The van der Waals surface area contributed by atoms with Crippen molar-refractivity contribution < 1.29 is 4.74 Å². The van der Waals surface area contributed by atoms with Gasteiger partial charge < -0.3 is 10.1 Å². The van der Waals surface area contributed by atoms with E-state index in [1.807, 2.05) is 0 Å². The van der Waals surface area contributed by atoms with Crippen molar-refractivity contribution in [1.29, 1.82) is 0 Å². The first kappa shape index (κ1) is 13.2. The normalized spacial score (nSPS) is 10.7. The fraction of sp³-hybridized carbons (Fsp3) is 0.571. The highest BCUT2D eigenvalue weighted by Crippen LogP contribution is 2.11. The summed E-state index contributed by atoms with van der Waals surface area (Å²) in [5, 5.41) is 3.36. The van der Waals surface area contributed by atoms with E-state index in [9.17, 15) is 0 Å². The van der Waals surface area contributed by atoms with Crippen LogP contribution in [0, 0.1) is 13.8 Å². The molecule has 0 radical (unpaired) electrons. The molecule has 0 unspecified atom stereocenters. The largest absolute Gasteiger partial charge is 0.383 e. The molecule has 2 nitrogen and oxygen atoms in total. The molecular weight excluding hydrogens is 198 g/mol. The van der Waals surface area contributed by atoms with E-state index in [-0.39, 0.29) is 0 Å². The van der Waals surface area contributed by atoms with Gasteiger partial charge in [-0.1, -0.05) is 18.2 Å². The van der Waals surface area contributed by atoms with E-state index in [1.165, 1.54) is 23.1 Å². The zero-order valence-corrected chi connectivity index (χ0v) is 10.7. The molecule has 0 saturated heterocycles. The van der Waals surface area contributed by atoms with E-state index in [0.29, 0.717) is 0 Å². The first-order valence-corrected chi connectivity index (χ1v) is 6.00. The molecule has 0 bridgehead atoms. The van der Waals surface area contributed by atoms with E-state index >= 15 is 0 Å². The number of rotatable bonds is 7. The first-order chi connectivity index (χ1) is 7.74. The average Bonchev–Trinajstić information content (AvgIpc) is 2.28. The first-order valence-electron chi connectivity index (χ1n) is 6.00. The van der Waals surface area contributed by atoms with E-state index in [0.717, 1.165) is 26.1 Å². The molecule has 0 heterocycles. The molecule has 1 aromatic carbocycles. The molecular formula is C14H23NO. The van der Waals surface area contributed by atoms with Crippen LogP contribution in [0.4, 0.5) is 0 Å². The summed E-state index contributed by atoms with van der Waals surface area (Å²) in [6, 6.07) is 6.74. The van der Waals surface area contributed by atoms with Crippen LogP contribution < -0.4 is 5.32 Å². The van der Waals surface area contributed by atoms with E-state index < -0.39 is 0 Å². The van der Waals surface area contributed by atoms with Crippen LogP contribution in [0.5, 0.6) is 0 Å². The molecule has 0 saturated carbocycles. The molecule has 90 valence electrons. The second-order valence-electron chi connectivity index (χ2n) is 4.26. The van der Waals surface area contributed by atoms with Crippen LogP contribution in [0.25, 0.3) is 0 Å². The second kappa shape index (κ2) is 7.42. The van der Waals surface area contributed by atoms with Crippen LogP contribution in [0.15, 0.2) is 18.2 Å². The van der Waals surface area contributed by atoms with Crippen LogP contribution >= 0.6 is 0 Å². The van der Waals surface area contributed by atoms with Crippen molar-refractivity contribution in [2.75, 3.05) is 26.8 Å². The van der Waals surface area contributed by atoms with E-state index in [1.54, 1.807) is 7.11 Å². The lowest BCUT2D eigenvalue weighted by Gasteiger charge is -2.06. The van der Waals surface area contributed by atoms with Gasteiger partial charge in [0.1, 0.15) is 0 Å². The van der Waals surface area contributed by atoms with Gasteiger partial charge in [-0.15, -0.1) is 0 Å². The summed E-state index contributed by atoms with van der Waals surface area (Å²) in [5.41, 5.74) is 4.21. The maximum Gasteiger partial charge on any atom is 0.0587 e. The van der Waals surface area contributed by atoms with Crippen LogP contribution in [0.2, 0.25) is 0 Å². The van der Waals surface area contributed by atoms with E-state index in [4.69, 9.17) is 4.74 Å². The van der Waals surface area contributed by atoms with Crippen LogP contribution in [0.3, 0.4) is 0 Å². The molecule has 0 spiro atoms. The Kier molecular flexibility index (Phi) is 6.12. The molecule has 16 heavy (non-hydrogen) atoms. The quantitative estimate of drug-likeness (QED) is 0.714. The minimum Gasteiger partial charge on any atom is -0.383 e. The summed E-state index contributed by atoms with van der Waals surface area (Å²) in [5.74, 6) is 0. The third kappa shape index (κ3) is 4.77. The smallest absolute Gasteiger partial charge is 0.0587 e. The SMILES string of the molecule is COCCNCCCc1ccc(C)c(C)c1. The van der Waals surface area contributed by atoms with Gasteiger partial charge in [-0.3, -0.25) is 0 Å². The van der Waals surface area contributed by atoms with Crippen LogP contribution in [-0.2, 0) is 11.2 Å². The molecule has 1 N–H and O–H groups in total. The topological polar surface area (TPSA) is 21.3 Å². The summed E-state index contributed by atoms with van der Waals surface area (Å²) in [7, 11) is 1.73. The van der Waals surface area contributed by atoms with Gasteiger partial charge in [-0.05, 0) is 49.9 Å². The van der Waals surface area contributed by atoms with Gasteiger partial charge in [-0.2, -0.15) is 0 Å². The third-order valence-electron chi connectivity index (χ3n) is 2.87. The lowest BCUT2D eigenvalue weighted by Crippen LogP contribution is -2.20. The predicted octanol–water partition coefficient (Wildman–Crippen LogP) is 2.47. The van der Waals surface area contributed by atoms with Gasteiger partial charge in [-0.25, -0.2) is 0 Å². The predicted molar refractivity (Wildman–Crippen MR) is 69.0 cm³/mol. The van der Waals surface area contributed by atoms with Crippen molar-refractivity contribution in [2.45, 2.75) is 26.7 Å². The molecule has 0 fully saturated rings. The molecule has 0 aliphatic rings. The number of hydrogen-bond donors (Lipinski definition) is 1. The number of methoxy groups -OCH3 is 1. The fourth-order valence-electron chi connectivity index (χ4n) is 1.68. The van der Waals surface area contributed by atoms with Crippen LogP contribution in [-0.4, -0.2) is 26.8 Å². The maximum atomic E-state index is 4.97. The number of nitrogens with one attached hydrogen (secondary N) is 1. The summed E-state index contributed by atoms with van der Waals surface area (Å²) in [4.78, 5) is 0. The summed E-state index contributed by atoms with van der Waals surface area (Å²) >= 11 is 0. The van der Waals surface area contributed by atoms with Crippen molar-refractivity contribution in [1.82, 2.24) is 5.32 Å². The zero-order chi connectivity index (χ0) is 11.8. The minimum absolute atomic E-state index is 0.795. The molecule has 0 aliphatic carbocycles. The van der Waals surface area contributed by atoms with Gasteiger partial charge in [0.15, 0.2) is 0 Å². The number of aryl methyl sites for hydroxylation is 3. The third-order valence-corrected chi connectivity index (χ3v) is 2.87.